The van der Waals surface area contributed by atoms with Crippen LogP contribution in [0.2, 0.25) is 0 Å². The Hall–Kier alpha value is -2.54. The number of benzene rings is 1. The smallest absolute Gasteiger partial charge is 0.231 e. The highest BCUT2D eigenvalue weighted by atomic mass is 16.7. The second kappa shape index (κ2) is 9.53. The van der Waals surface area contributed by atoms with Crippen molar-refractivity contribution in [2.24, 2.45) is 5.92 Å². The van der Waals surface area contributed by atoms with Crippen molar-refractivity contribution >= 4 is 11.8 Å². The number of anilines is 2. The molecule has 2 aliphatic carbocycles. The molecule has 7 heteroatoms. The minimum absolute atomic E-state index is 0.330. The molecule has 2 aromatic rings. The van der Waals surface area contributed by atoms with Crippen molar-refractivity contribution in [3.05, 3.63) is 35.0 Å². The van der Waals surface area contributed by atoms with Gasteiger partial charge in [-0.15, -0.1) is 0 Å². The van der Waals surface area contributed by atoms with Gasteiger partial charge in [-0.25, -0.2) is 4.98 Å². The van der Waals surface area contributed by atoms with Crippen LogP contribution >= 0.6 is 0 Å². The summed E-state index contributed by atoms with van der Waals surface area (Å²) in [6.07, 6.45) is 9.48. The molecular formula is C25H35N5O2. The summed E-state index contributed by atoms with van der Waals surface area (Å²) in [7, 11) is 4.17. The molecule has 0 amide bonds. The van der Waals surface area contributed by atoms with Gasteiger partial charge in [0.15, 0.2) is 11.5 Å². The SMILES string of the molecule is CN(C)c1nc(N[C@H]2CC[C@@H](CNCc3ccc4c(c3)OCO4)CC2)nc2c1CCCC2. The first-order valence-electron chi connectivity index (χ1n) is 12.1. The molecule has 1 aromatic heterocycles. The molecule has 1 aromatic carbocycles. The molecule has 0 bridgehead atoms. The van der Waals surface area contributed by atoms with Crippen LogP contribution in [0.25, 0.3) is 0 Å². The molecule has 172 valence electrons. The molecule has 0 radical (unpaired) electrons. The molecule has 1 aliphatic heterocycles. The highest BCUT2D eigenvalue weighted by molar-refractivity contribution is 5.53. The summed E-state index contributed by atoms with van der Waals surface area (Å²) < 4.78 is 10.9. The Balaban J connectivity index is 1.10. The number of ether oxygens (including phenoxy) is 2. The molecule has 0 spiro atoms. The zero-order valence-electron chi connectivity index (χ0n) is 19.3. The summed E-state index contributed by atoms with van der Waals surface area (Å²) in [5, 5.41) is 7.29. The van der Waals surface area contributed by atoms with Crippen molar-refractivity contribution in [2.75, 3.05) is 37.6 Å². The van der Waals surface area contributed by atoms with Gasteiger partial charge >= 0.3 is 0 Å². The monoisotopic (exact) mass is 437 g/mol. The number of hydrogen-bond donors (Lipinski definition) is 2. The summed E-state index contributed by atoms with van der Waals surface area (Å²) in [4.78, 5) is 11.9. The maximum atomic E-state index is 5.48. The Bertz CT molecular complexity index is 940. The maximum Gasteiger partial charge on any atom is 0.231 e. The largest absolute Gasteiger partial charge is 0.454 e. The third-order valence-corrected chi connectivity index (χ3v) is 6.96. The van der Waals surface area contributed by atoms with E-state index in [1.807, 2.05) is 6.07 Å². The topological polar surface area (TPSA) is 71.5 Å². The van der Waals surface area contributed by atoms with E-state index < -0.39 is 0 Å². The fourth-order valence-corrected chi connectivity index (χ4v) is 5.17. The number of aromatic nitrogens is 2. The standard InChI is InChI=1S/C25H35N5O2/c1-30(2)24-20-5-3-4-6-21(20)28-25(29-24)27-19-10-7-17(8-11-19)14-26-15-18-9-12-22-23(13-18)32-16-31-22/h9,12-13,17,19,26H,3-8,10-11,14-16H2,1-2H3,(H,27,28,29)/t17-,19+. The fraction of sp³-hybridized carbons (Fsp3) is 0.600. The van der Waals surface area contributed by atoms with Crippen LogP contribution in [0.15, 0.2) is 18.2 Å². The molecule has 1 fully saturated rings. The predicted molar refractivity (Wildman–Crippen MR) is 127 cm³/mol. The van der Waals surface area contributed by atoms with Crippen molar-refractivity contribution in [2.45, 2.75) is 64.0 Å². The zero-order chi connectivity index (χ0) is 21.9. The first-order valence-corrected chi connectivity index (χ1v) is 12.1. The van der Waals surface area contributed by atoms with Crippen LogP contribution in [-0.2, 0) is 19.4 Å². The number of nitrogens with zero attached hydrogens (tertiary/aromatic N) is 3. The number of fused-ring (bicyclic) bond motifs is 2. The summed E-state index contributed by atoms with van der Waals surface area (Å²) in [6.45, 7) is 2.25. The zero-order valence-corrected chi connectivity index (χ0v) is 19.3. The van der Waals surface area contributed by atoms with Gasteiger partial charge in [-0.05, 0) is 81.5 Å². The van der Waals surface area contributed by atoms with E-state index in [1.54, 1.807) is 0 Å². The van der Waals surface area contributed by atoms with E-state index in [9.17, 15) is 0 Å². The average Bonchev–Trinajstić information content (AvgIpc) is 3.27. The lowest BCUT2D eigenvalue weighted by molar-refractivity contribution is 0.174. The van der Waals surface area contributed by atoms with Crippen molar-refractivity contribution in [1.29, 1.82) is 0 Å². The lowest BCUT2D eigenvalue weighted by Gasteiger charge is -2.30. The highest BCUT2D eigenvalue weighted by Crippen LogP contribution is 2.33. The quantitative estimate of drug-likeness (QED) is 0.680. The van der Waals surface area contributed by atoms with Crippen molar-refractivity contribution in [3.63, 3.8) is 0 Å². The summed E-state index contributed by atoms with van der Waals surface area (Å²) in [5.41, 5.74) is 3.84. The van der Waals surface area contributed by atoms with Crippen LogP contribution in [-0.4, -0.2) is 43.4 Å². The average molecular weight is 438 g/mol. The van der Waals surface area contributed by atoms with Crippen molar-refractivity contribution < 1.29 is 9.47 Å². The Morgan fingerprint density at radius 1 is 1.00 bits per heavy atom. The van der Waals surface area contributed by atoms with Gasteiger partial charge in [0.25, 0.3) is 0 Å². The van der Waals surface area contributed by atoms with Gasteiger partial charge in [-0.2, -0.15) is 4.98 Å². The molecule has 7 nitrogen and oxygen atoms in total. The molecule has 5 rings (SSSR count). The highest BCUT2D eigenvalue weighted by Gasteiger charge is 2.24. The number of hydrogen-bond acceptors (Lipinski definition) is 7. The Kier molecular flexibility index (Phi) is 6.35. The molecule has 3 aliphatic rings. The second-order valence-electron chi connectivity index (χ2n) is 9.58. The van der Waals surface area contributed by atoms with Crippen molar-refractivity contribution in [1.82, 2.24) is 15.3 Å². The van der Waals surface area contributed by atoms with Gasteiger partial charge in [-0.1, -0.05) is 6.07 Å². The predicted octanol–water partition coefficient (Wildman–Crippen LogP) is 3.91. The molecule has 0 saturated heterocycles. The molecule has 32 heavy (non-hydrogen) atoms. The minimum Gasteiger partial charge on any atom is -0.454 e. The van der Waals surface area contributed by atoms with Gasteiger partial charge < -0.3 is 25.0 Å². The van der Waals surface area contributed by atoms with E-state index in [1.165, 1.54) is 55.3 Å². The Morgan fingerprint density at radius 3 is 2.66 bits per heavy atom. The van der Waals surface area contributed by atoms with Crippen LogP contribution in [0.5, 0.6) is 11.5 Å². The molecule has 1 saturated carbocycles. The van der Waals surface area contributed by atoms with E-state index >= 15 is 0 Å². The van der Waals surface area contributed by atoms with E-state index in [0.29, 0.717) is 12.8 Å². The van der Waals surface area contributed by atoms with Crippen LogP contribution in [0, 0.1) is 5.92 Å². The van der Waals surface area contributed by atoms with Gasteiger partial charge in [0.1, 0.15) is 5.82 Å². The van der Waals surface area contributed by atoms with E-state index in [0.717, 1.165) is 55.1 Å². The number of rotatable bonds is 7. The second-order valence-corrected chi connectivity index (χ2v) is 9.58. The van der Waals surface area contributed by atoms with Gasteiger partial charge in [0.05, 0.1) is 5.69 Å². The summed E-state index contributed by atoms with van der Waals surface area (Å²) in [5.74, 6) is 4.35. The Morgan fingerprint density at radius 2 is 1.81 bits per heavy atom. The van der Waals surface area contributed by atoms with Crippen LogP contribution in [0.1, 0.15) is 55.3 Å². The van der Waals surface area contributed by atoms with Gasteiger partial charge in [0, 0.05) is 32.2 Å². The molecule has 2 heterocycles. The molecule has 2 N–H and O–H groups in total. The normalized spacial score (nSPS) is 21.8. The molecule has 0 unspecified atom stereocenters. The molecular weight excluding hydrogens is 402 g/mol. The first kappa shape index (κ1) is 21.3. The minimum atomic E-state index is 0.330. The lowest BCUT2D eigenvalue weighted by Crippen LogP contribution is -2.32. The number of nitrogens with one attached hydrogen (secondary N) is 2. The van der Waals surface area contributed by atoms with E-state index in [2.05, 4.69) is 41.8 Å². The van der Waals surface area contributed by atoms with Gasteiger partial charge in [-0.3, -0.25) is 0 Å². The fourth-order valence-electron chi connectivity index (χ4n) is 5.17. The van der Waals surface area contributed by atoms with Crippen LogP contribution < -0.4 is 25.0 Å². The maximum absolute atomic E-state index is 5.48. The Labute approximate surface area is 190 Å². The third kappa shape index (κ3) is 4.77. The summed E-state index contributed by atoms with van der Waals surface area (Å²) in [6, 6.07) is 6.66. The first-order chi connectivity index (χ1) is 15.7. The van der Waals surface area contributed by atoms with Crippen molar-refractivity contribution in [3.8, 4) is 11.5 Å². The van der Waals surface area contributed by atoms with Crippen LogP contribution in [0.3, 0.4) is 0 Å². The molecule has 0 atom stereocenters. The van der Waals surface area contributed by atoms with E-state index in [4.69, 9.17) is 19.4 Å². The van der Waals surface area contributed by atoms with Crippen LogP contribution in [0.4, 0.5) is 11.8 Å². The third-order valence-electron chi connectivity index (χ3n) is 6.96. The summed E-state index contributed by atoms with van der Waals surface area (Å²) >= 11 is 0. The number of aryl methyl sites for hydroxylation is 1. The lowest BCUT2D eigenvalue weighted by atomic mass is 9.86. The van der Waals surface area contributed by atoms with Gasteiger partial charge in [0.2, 0.25) is 12.7 Å². The van der Waals surface area contributed by atoms with E-state index in [-0.39, 0.29) is 0 Å².